The van der Waals surface area contributed by atoms with Gasteiger partial charge < -0.3 is 24.8 Å². The van der Waals surface area contributed by atoms with Crippen LogP contribution in [0, 0.1) is 0 Å². The first-order valence-electron chi connectivity index (χ1n) is 8.12. The summed E-state index contributed by atoms with van der Waals surface area (Å²) in [5.41, 5.74) is 0.686. The van der Waals surface area contributed by atoms with Crippen LogP contribution in [0.4, 0.5) is 10.5 Å². The van der Waals surface area contributed by atoms with E-state index in [1.54, 1.807) is 24.3 Å². The van der Waals surface area contributed by atoms with E-state index in [1.165, 1.54) is 7.11 Å². The van der Waals surface area contributed by atoms with Crippen LogP contribution in [0.15, 0.2) is 24.3 Å². The molecule has 1 atom stereocenters. The predicted octanol–water partition coefficient (Wildman–Crippen LogP) is 2.32. The molecule has 1 heterocycles. The average molecular weight is 336 g/mol. The first-order valence-corrected chi connectivity index (χ1v) is 8.12. The van der Waals surface area contributed by atoms with Gasteiger partial charge >= 0.3 is 12.0 Å². The van der Waals surface area contributed by atoms with E-state index in [1.807, 2.05) is 0 Å². The van der Waals surface area contributed by atoms with Crippen LogP contribution >= 0.6 is 0 Å². The van der Waals surface area contributed by atoms with Crippen LogP contribution in [0.25, 0.3) is 0 Å². The van der Waals surface area contributed by atoms with Gasteiger partial charge in [0, 0.05) is 18.7 Å². The maximum atomic E-state index is 11.9. The molecular formula is C17H24N2O5. The number of esters is 1. The van der Waals surface area contributed by atoms with Crippen LogP contribution in [-0.4, -0.2) is 45.0 Å². The van der Waals surface area contributed by atoms with Crippen LogP contribution in [-0.2, 0) is 14.3 Å². The molecule has 7 nitrogen and oxygen atoms in total. The minimum atomic E-state index is -0.243. The normalized spacial score (nSPS) is 17.0. The summed E-state index contributed by atoms with van der Waals surface area (Å²) in [5.74, 6) is 0.444. The third-order valence-electron chi connectivity index (χ3n) is 3.63. The second kappa shape index (κ2) is 9.77. The smallest absolute Gasteiger partial charge is 0.319 e. The van der Waals surface area contributed by atoms with Gasteiger partial charge in [0.05, 0.1) is 26.4 Å². The van der Waals surface area contributed by atoms with Crippen LogP contribution in [0.2, 0.25) is 0 Å². The van der Waals surface area contributed by atoms with E-state index in [9.17, 15) is 9.59 Å². The maximum absolute atomic E-state index is 11.9. The van der Waals surface area contributed by atoms with E-state index in [0.29, 0.717) is 37.5 Å². The number of nitrogens with one attached hydrogen (secondary N) is 2. The van der Waals surface area contributed by atoms with Gasteiger partial charge in [-0.15, -0.1) is 0 Å². The molecule has 7 heteroatoms. The van der Waals surface area contributed by atoms with E-state index in [4.69, 9.17) is 9.47 Å². The van der Waals surface area contributed by atoms with Crippen molar-refractivity contribution in [3.05, 3.63) is 24.3 Å². The number of methoxy groups -OCH3 is 1. The minimum Gasteiger partial charge on any atom is -0.494 e. The number of urea groups is 1. The van der Waals surface area contributed by atoms with Gasteiger partial charge in [0.25, 0.3) is 0 Å². The van der Waals surface area contributed by atoms with Crippen LogP contribution in [0.5, 0.6) is 5.75 Å². The van der Waals surface area contributed by atoms with Gasteiger partial charge in [0.1, 0.15) is 5.75 Å². The summed E-state index contributed by atoms with van der Waals surface area (Å²) in [6.45, 7) is 1.76. The highest BCUT2D eigenvalue weighted by Crippen LogP contribution is 2.16. The fraction of sp³-hybridized carbons (Fsp3) is 0.529. The molecule has 132 valence electrons. The lowest BCUT2D eigenvalue weighted by atomic mass is 10.1. The lowest BCUT2D eigenvalue weighted by Gasteiger charge is -2.23. The molecule has 0 spiro atoms. The van der Waals surface area contributed by atoms with Crippen molar-refractivity contribution in [1.29, 1.82) is 0 Å². The zero-order valence-corrected chi connectivity index (χ0v) is 13.9. The first kappa shape index (κ1) is 18.1. The maximum Gasteiger partial charge on any atom is 0.319 e. The average Bonchev–Trinajstić information content (AvgIpc) is 2.60. The van der Waals surface area contributed by atoms with Crippen molar-refractivity contribution in [2.24, 2.45) is 0 Å². The summed E-state index contributed by atoms with van der Waals surface area (Å²) in [4.78, 5) is 22.9. The van der Waals surface area contributed by atoms with Gasteiger partial charge in [0.15, 0.2) is 0 Å². The molecule has 1 saturated heterocycles. The topological polar surface area (TPSA) is 85.9 Å². The SMILES string of the molecule is COC(=O)CCCOc1ccc(NC(=O)NC2CCCOC2)cc1. The van der Waals surface area contributed by atoms with Gasteiger partial charge in [-0.25, -0.2) is 4.79 Å². The van der Waals surface area contributed by atoms with Crippen molar-refractivity contribution in [3.63, 3.8) is 0 Å². The molecule has 1 fully saturated rings. The molecule has 2 rings (SSSR count). The summed E-state index contributed by atoms with van der Waals surface area (Å²) >= 11 is 0. The lowest BCUT2D eigenvalue weighted by Crippen LogP contribution is -2.42. The summed E-state index contributed by atoms with van der Waals surface area (Å²) < 4.78 is 15.4. The van der Waals surface area contributed by atoms with Crippen LogP contribution in [0.3, 0.4) is 0 Å². The number of anilines is 1. The quantitative estimate of drug-likeness (QED) is 0.589. The van der Waals surface area contributed by atoms with Crippen molar-refractivity contribution in [3.8, 4) is 5.75 Å². The van der Waals surface area contributed by atoms with E-state index in [0.717, 1.165) is 19.4 Å². The number of hydrogen-bond donors (Lipinski definition) is 2. The number of benzene rings is 1. The third-order valence-corrected chi connectivity index (χ3v) is 3.63. The number of rotatable bonds is 7. The molecule has 1 aromatic rings. The molecule has 0 aromatic heterocycles. The Bertz CT molecular complexity index is 526. The summed E-state index contributed by atoms with van der Waals surface area (Å²) in [6.07, 6.45) is 2.83. The Kier molecular flexibility index (Phi) is 7.35. The number of hydrogen-bond acceptors (Lipinski definition) is 5. The monoisotopic (exact) mass is 336 g/mol. The van der Waals surface area contributed by atoms with E-state index < -0.39 is 0 Å². The van der Waals surface area contributed by atoms with Gasteiger partial charge in [-0.2, -0.15) is 0 Å². The molecule has 24 heavy (non-hydrogen) atoms. The van der Waals surface area contributed by atoms with Crippen LogP contribution in [0.1, 0.15) is 25.7 Å². The summed E-state index contributed by atoms with van der Waals surface area (Å²) in [7, 11) is 1.37. The number of carbonyl (C=O) groups excluding carboxylic acids is 2. The molecule has 0 radical (unpaired) electrons. The number of carbonyl (C=O) groups is 2. The highest BCUT2D eigenvalue weighted by Gasteiger charge is 2.16. The molecule has 0 bridgehead atoms. The van der Waals surface area contributed by atoms with E-state index >= 15 is 0 Å². The highest BCUT2D eigenvalue weighted by atomic mass is 16.5. The Labute approximate surface area is 141 Å². The summed E-state index contributed by atoms with van der Waals surface area (Å²) in [5, 5.41) is 5.67. The molecule has 2 amide bonds. The molecule has 2 N–H and O–H groups in total. The second-order valence-corrected chi connectivity index (χ2v) is 5.57. The third kappa shape index (κ3) is 6.45. The Hall–Kier alpha value is -2.28. The standard InChI is InChI=1S/C17H24N2O5/c1-22-16(20)5-3-11-24-15-8-6-13(7-9-15)18-17(21)19-14-4-2-10-23-12-14/h6-9,14H,2-5,10-12H2,1H3,(H2,18,19,21). The Balaban J connectivity index is 1.69. The Morgan fingerprint density at radius 3 is 2.75 bits per heavy atom. The zero-order valence-electron chi connectivity index (χ0n) is 13.9. The van der Waals surface area contributed by atoms with E-state index in [2.05, 4.69) is 15.4 Å². The highest BCUT2D eigenvalue weighted by molar-refractivity contribution is 5.89. The Morgan fingerprint density at radius 2 is 2.08 bits per heavy atom. The van der Waals surface area contributed by atoms with Crippen molar-refractivity contribution in [2.45, 2.75) is 31.7 Å². The van der Waals surface area contributed by atoms with Gasteiger partial charge in [-0.1, -0.05) is 0 Å². The van der Waals surface area contributed by atoms with Gasteiger partial charge in [-0.3, -0.25) is 4.79 Å². The van der Waals surface area contributed by atoms with Crippen molar-refractivity contribution < 1.29 is 23.8 Å². The molecule has 0 saturated carbocycles. The fourth-order valence-corrected chi connectivity index (χ4v) is 2.35. The van der Waals surface area contributed by atoms with Crippen LogP contribution < -0.4 is 15.4 Å². The van der Waals surface area contributed by atoms with E-state index in [-0.39, 0.29) is 18.0 Å². The predicted molar refractivity (Wildman–Crippen MR) is 89.2 cm³/mol. The van der Waals surface area contributed by atoms with Crippen molar-refractivity contribution >= 4 is 17.7 Å². The molecule has 1 unspecified atom stereocenters. The molecule has 0 aliphatic carbocycles. The fourth-order valence-electron chi connectivity index (χ4n) is 2.35. The molecule has 1 aliphatic rings. The Morgan fingerprint density at radius 1 is 1.29 bits per heavy atom. The van der Waals surface area contributed by atoms with Crippen molar-refractivity contribution in [2.75, 3.05) is 32.2 Å². The second-order valence-electron chi connectivity index (χ2n) is 5.57. The molecule has 1 aliphatic heterocycles. The summed E-state index contributed by atoms with van der Waals surface area (Å²) in [6, 6.07) is 6.92. The van der Waals surface area contributed by atoms with Crippen molar-refractivity contribution in [1.82, 2.24) is 5.32 Å². The van der Waals surface area contributed by atoms with Gasteiger partial charge in [-0.05, 0) is 43.5 Å². The number of amides is 2. The minimum absolute atomic E-state index is 0.0659. The lowest BCUT2D eigenvalue weighted by molar-refractivity contribution is -0.140. The molecular weight excluding hydrogens is 312 g/mol. The zero-order chi connectivity index (χ0) is 17.2. The molecule has 1 aromatic carbocycles. The first-order chi connectivity index (χ1) is 11.7. The van der Waals surface area contributed by atoms with Gasteiger partial charge in [0.2, 0.25) is 0 Å². The number of ether oxygens (including phenoxy) is 3. The largest absolute Gasteiger partial charge is 0.494 e.